The maximum Gasteiger partial charge on any atom is 0.416 e. The molecule has 0 aliphatic rings. The van der Waals surface area contributed by atoms with Gasteiger partial charge in [-0.3, -0.25) is 9.20 Å². The Morgan fingerprint density at radius 3 is 2.71 bits per heavy atom. The van der Waals surface area contributed by atoms with Crippen LogP contribution >= 0.6 is 0 Å². The third kappa shape index (κ3) is 4.17. The summed E-state index contributed by atoms with van der Waals surface area (Å²) in [6.07, 6.45) is -5.27. The van der Waals surface area contributed by atoms with Crippen molar-refractivity contribution in [3.05, 3.63) is 77.1 Å². The molecule has 7 nitrogen and oxygen atoms in total. The smallest absolute Gasteiger partial charge is 0.382 e. The number of nitrogens with one attached hydrogen (secondary N) is 1. The molecular weight excluding hydrogens is 454 g/mol. The summed E-state index contributed by atoms with van der Waals surface area (Å²) >= 11 is 0. The molecule has 0 aliphatic carbocycles. The molecule has 11 heteroatoms. The Kier molecular flexibility index (Phi) is 4.82. The van der Waals surface area contributed by atoms with E-state index in [-0.39, 0.29) is 39.7 Å². The first kappa shape index (κ1) is 19.5. The molecule has 2 aromatic carbocycles. The molecule has 2 heterocycles. The zero-order valence-electron chi connectivity index (χ0n) is 20.5. The minimum absolute atomic E-state index is 0.0791. The number of hydrogen-bond acceptors (Lipinski definition) is 5. The number of aliphatic hydroxyl groups excluding tert-OH is 1. The lowest BCUT2D eigenvalue weighted by molar-refractivity contribution is -0.138. The van der Waals surface area contributed by atoms with E-state index in [0.717, 1.165) is 24.3 Å². The van der Waals surface area contributed by atoms with Gasteiger partial charge in [0.25, 0.3) is 5.91 Å². The molecule has 0 saturated heterocycles. The van der Waals surface area contributed by atoms with Crippen LogP contribution in [0.25, 0.3) is 16.8 Å². The van der Waals surface area contributed by atoms with Gasteiger partial charge >= 0.3 is 6.18 Å². The Bertz CT molecular complexity index is 1520. The number of nitrogen functional groups attached to an aromatic ring is 1. The summed E-state index contributed by atoms with van der Waals surface area (Å²) in [4.78, 5) is 20.6. The van der Waals surface area contributed by atoms with Crippen LogP contribution in [0.1, 0.15) is 32.9 Å². The Morgan fingerprint density at radius 2 is 2.03 bits per heavy atom. The van der Waals surface area contributed by atoms with Gasteiger partial charge in [-0.2, -0.15) is 13.2 Å². The van der Waals surface area contributed by atoms with Crippen LogP contribution in [0.5, 0.6) is 0 Å². The SMILES string of the molecule is [2H]C([2H])([2H])c1nc(-c2ccc(NC(=O)[C@H](O)c3cccc(C(F)(F)F)c3)cc2F)c2c(N)ncc(C)n12. The molecule has 0 spiro atoms. The Morgan fingerprint density at radius 1 is 1.26 bits per heavy atom. The number of carbonyl (C=O) groups is 1. The van der Waals surface area contributed by atoms with E-state index in [1.165, 1.54) is 22.7 Å². The fraction of sp³-hybridized carbons (Fsp3) is 0.174. The molecule has 0 bridgehead atoms. The highest BCUT2D eigenvalue weighted by atomic mass is 19.4. The standard InChI is InChI=1S/C23H19F4N5O2/c1-11-10-29-21(28)19-18(30-12(2)32(11)19)16-7-6-15(9-17(16)24)31-22(34)20(33)13-4-3-5-14(8-13)23(25,26)27/h3-10,20,33H,1-2H3,(H2,28,29)(H,31,34)/t20-/m1/s1/i2D3. The molecule has 4 aromatic rings. The molecule has 0 fully saturated rings. The molecular formula is C23H19F4N5O2. The van der Waals surface area contributed by atoms with Crippen LogP contribution < -0.4 is 11.1 Å². The zero-order valence-corrected chi connectivity index (χ0v) is 17.5. The molecule has 0 aliphatic heterocycles. The lowest BCUT2D eigenvalue weighted by atomic mass is 10.0. The van der Waals surface area contributed by atoms with Gasteiger partial charge in [-0.15, -0.1) is 0 Å². The lowest BCUT2D eigenvalue weighted by Crippen LogP contribution is -2.21. The highest BCUT2D eigenvalue weighted by Gasteiger charge is 2.31. The predicted octanol–water partition coefficient (Wildman–Crippen LogP) is 4.43. The van der Waals surface area contributed by atoms with Crippen LogP contribution in [0, 0.1) is 19.6 Å². The van der Waals surface area contributed by atoms with E-state index < -0.39 is 36.4 Å². The van der Waals surface area contributed by atoms with Gasteiger partial charge in [-0.1, -0.05) is 12.1 Å². The second-order valence-electron chi connectivity index (χ2n) is 7.46. The number of aryl methyl sites for hydroxylation is 2. The van der Waals surface area contributed by atoms with Crippen molar-refractivity contribution >= 4 is 22.9 Å². The van der Waals surface area contributed by atoms with Crippen LogP contribution in [0.4, 0.5) is 29.1 Å². The number of imidazole rings is 1. The average Bonchev–Trinajstić information content (AvgIpc) is 3.23. The van der Waals surface area contributed by atoms with Crippen molar-refractivity contribution in [2.45, 2.75) is 26.1 Å². The monoisotopic (exact) mass is 476 g/mol. The van der Waals surface area contributed by atoms with Gasteiger partial charge < -0.3 is 16.2 Å². The normalized spacial score (nSPS) is 14.4. The molecule has 2 aromatic heterocycles. The van der Waals surface area contributed by atoms with Gasteiger partial charge in [0.15, 0.2) is 6.10 Å². The van der Waals surface area contributed by atoms with Gasteiger partial charge in [0, 0.05) is 27.3 Å². The second kappa shape index (κ2) is 8.41. The van der Waals surface area contributed by atoms with Crippen molar-refractivity contribution < 1.29 is 31.6 Å². The number of nitrogens with two attached hydrogens (primary N) is 1. The van der Waals surface area contributed by atoms with Gasteiger partial charge in [-0.25, -0.2) is 14.4 Å². The zero-order chi connectivity index (χ0) is 27.3. The van der Waals surface area contributed by atoms with Crippen LogP contribution in [-0.4, -0.2) is 25.4 Å². The first-order valence-electron chi connectivity index (χ1n) is 11.3. The molecule has 0 radical (unpaired) electrons. The molecule has 0 unspecified atom stereocenters. The van der Waals surface area contributed by atoms with E-state index in [1.807, 2.05) is 0 Å². The summed E-state index contributed by atoms with van der Waals surface area (Å²) in [5.41, 5.74) is 4.77. The first-order valence-corrected chi connectivity index (χ1v) is 9.78. The largest absolute Gasteiger partial charge is 0.416 e. The summed E-state index contributed by atoms with van der Waals surface area (Å²) < 4.78 is 78.6. The number of hydrogen-bond donors (Lipinski definition) is 3. The topological polar surface area (TPSA) is 106 Å². The summed E-state index contributed by atoms with van der Waals surface area (Å²) in [7, 11) is 0. The van der Waals surface area contributed by atoms with Gasteiger partial charge in [0.2, 0.25) is 0 Å². The molecule has 176 valence electrons. The minimum atomic E-state index is -4.67. The van der Waals surface area contributed by atoms with Gasteiger partial charge in [-0.05, 0) is 49.7 Å². The van der Waals surface area contributed by atoms with E-state index in [0.29, 0.717) is 11.8 Å². The van der Waals surface area contributed by atoms with Crippen molar-refractivity contribution in [3.63, 3.8) is 0 Å². The van der Waals surface area contributed by atoms with Crippen molar-refractivity contribution in [2.24, 2.45) is 0 Å². The number of halogens is 4. The number of aromatic nitrogens is 3. The molecule has 34 heavy (non-hydrogen) atoms. The van der Waals surface area contributed by atoms with Crippen LogP contribution in [0.2, 0.25) is 0 Å². The molecule has 1 amide bonds. The molecule has 4 rings (SSSR count). The van der Waals surface area contributed by atoms with Gasteiger partial charge in [0.1, 0.15) is 28.7 Å². The summed E-state index contributed by atoms with van der Waals surface area (Å²) in [5, 5.41) is 12.5. The second-order valence-corrected chi connectivity index (χ2v) is 7.46. The molecule has 4 N–H and O–H groups in total. The highest BCUT2D eigenvalue weighted by molar-refractivity contribution is 5.95. The average molecular weight is 476 g/mol. The Balaban J connectivity index is 1.67. The van der Waals surface area contributed by atoms with E-state index in [9.17, 15) is 23.1 Å². The number of rotatable bonds is 4. The highest BCUT2D eigenvalue weighted by Crippen LogP contribution is 2.33. The maximum absolute atomic E-state index is 15.2. The first-order chi connectivity index (χ1) is 17.2. The minimum Gasteiger partial charge on any atom is -0.382 e. The van der Waals surface area contributed by atoms with Crippen molar-refractivity contribution in [3.8, 4) is 11.3 Å². The van der Waals surface area contributed by atoms with Crippen molar-refractivity contribution in [1.82, 2.24) is 14.4 Å². The molecule has 1 atom stereocenters. The van der Waals surface area contributed by atoms with Crippen molar-refractivity contribution in [2.75, 3.05) is 11.1 Å². The van der Waals surface area contributed by atoms with E-state index >= 15 is 4.39 Å². The van der Waals surface area contributed by atoms with E-state index in [4.69, 9.17) is 9.85 Å². The Hall–Kier alpha value is -3.99. The molecule has 0 saturated carbocycles. The third-order valence-corrected chi connectivity index (χ3v) is 5.13. The van der Waals surface area contributed by atoms with Crippen molar-refractivity contribution in [1.29, 1.82) is 0 Å². The quantitative estimate of drug-likeness (QED) is 0.378. The lowest BCUT2D eigenvalue weighted by Gasteiger charge is -2.14. The number of amides is 1. The number of benzene rings is 2. The summed E-state index contributed by atoms with van der Waals surface area (Å²) in [5.74, 6) is -2.42. The maximum atomic E-state index is 15.2. The third-order valence-electron chi connectivity index (χ3n) is 5.13. The van der Waals surface area contributed by atoms with Gasteiger partial charge in [0.05, 0.1) is 5.56 Å². The summed E-state index contributed by atoms with van der Waals surface area (Å²) in [6, 6.07) is 7.00. The van der Waals surface area contributed by atoms with Crippen LogP contribution in [-0.2, 0) is 11.0 Å². The summed E-state index contributed by atoms with van der Waals surface area (Å²) in [6.45, 7) is -1.06. The van der Waals surface area contributed by atoms with Crippen LogP contribution in [0.3, 0.4) is 0 Å². The van der Waals surface area contributed by atoms with E-state index in [1.54, 1.807) is 6.92 Å². The van der Waals surface area contributed by atoms with Crippen LogP contribution in [0.15, 0.2) is 48.7 Å². The Labute approximate surface area is 195 Å². The predicted molar refractivity (Wildman–Crippen MR) is 117 cm³/mol. The fourth-order valence-electron chi connectivity index (χ4n) is 3.50. The number of fused-ring (bicyclic) bond motifs is 1. The number of alkyl halides is 3. The number of aliphatic hydroxyl groups is 1. The number of anilines is 2. The van der Waals surface area contributed by atoms with E-state index in [2.05, 4.69) is 15.3 Å². The number of carbonyl (C=O) groups excluding carboxylic acids is 1. The number of nitrogens with zero attached hydrogens (tertiary/aromatic N) is 3. The fourth-order valence-corrected chi connectivity index (χ4v) is 3.50.